The van der Waals surface area contributed by atoms with Crippen molar-refractivity contribution >= 4 is 33.8 Å². The molecule has 1 heterocycles. The summed E-state index contributed by atoms with van der Waals surface area (Å²) in [6, 6.07) is 12.0. The summed E-state index contributed by atoms with van der Waals surface area (Å²) in [6.45, 7) is 9.14. The van der Waals surface area contributed by atoms with Crippen LogP contribution >= 0.6 is 0 Å². The molecule has 2 aromatic carbocycles. The summed E-state index contributed by atoms with van der Waals surface area (Å²) in [5.74, 6) is -2.42. The fourth-order valence-corrected chi connectivity index (χ4v) is 8.94. The van der Waals surface area contributed by atoms with Gasteiger partial charge in [-0.15, -0.1) is 6.58 Å². The van der Waals surface area contributed by atoms with Crippen molar-refractivity contribution in [3.05, 3.63) is 66.7 Å². The van der Waals surface area contributed by atoms with Gasteiger partial charge in [0.15, 0.2) is 0 Å². The van der Waals surface area contributed by atoms with Crippen LogP contribution in [0.15, 0.2) is 61.2 Å². The molecule has 53 heavy (non-hydrogen) atoms. The molecule has 4 N–H and O–H groups in total. The van der Waals surface area contributed by atoms with Gasteiger partial charge in [-0.25, -0.2) is 13.2 Å². The van der Waals surface area contributed by atoms with Crippen molar-refractivity contribution in [1.29, 1.82) is 0 Å². The van der Waals surface area contributed by atoms with Crippen molar-refractivity contribution < 1.29 is 42.2 Å². The number of sulfonamides is 1. The number of benzene rings is 2. The zero-order valence-corrected chi connectivity index (χ0v) is 31.5. The Morgan fingerprint density at radius 1 is 0.962 bits per heavy atom. The Hall–Kier alpha value is -4.43. The molecule has 3 saturated carbocycles. The zero-order chi connectivity index (χ0) is 38.3. The largest absolute Gasteiger partial charge is 0.508 e. The van der Waals surface area contributed by atoms with Gasteiger partial charge in [-0.05, 0) is 79.2 Å². The van der Waals surface area contributed by atoms with Gasteiger partial charge in [-0.2, -0.15) is 0 Å². The third-order valence-electron chi connectivity index (χ3n) is 11.1. The van der Waals surface area contributed by atoms with Crippen LogP contribution in [0.2, 0.25) is 0 Å². The lowest BCUT2D eigenvalue weighted by atomic mass is 9.85. The topological polar surface area (TPSA) is 180 Å². The van der Waals surface area contributed by atoms with E-state index in [-0.39, 0.29) is 31.2 Å². The number of hydrogen-bond acceptors (Lipinski definition) is 9. The van der Waals surface area contributed by atoms with Gasteiger partial charge in [0.2, 0.25) is 21.8 Å². The van der Waals surface area contributed by atoms with Crippen LogP contribution in [0, 0.1) is 11.3 Å². The van der Waals surface area contributed by atoms with E-state index in [1.807, 2.05) is 24.3 Å². The number of nitrogens with zero attached hydrogens (tertiary/aromatic N) is 1. The predicted octanol–water partition coefficient (Wildman–Crippen LogP) is 4.25. The highest BCUT2D eigenvalue weighted by atomic mass is 32.2. The number of rotatable bonds is 12. The van der Waals surface area contributed by atoms with Crippen LogP contribution in [0.3, 0.4) is 0 Å². The third kappa shape index (κ3) is 7.94. The van der Waals surface area contributed by atoms with Crippen molar-refractivity contribution in [2.24, 2.45) is 11.3 Å². The number of alkyl carbamates (subject to hydrolysis) is 1. The molecule has 4 amide bonds. The van der Waals surface area contributed by atoms with Crippen molar-refractivity contribution in [3.63, 3.8) is 0 Å². The maximum absolute atomic E-state index is 14.7. The highest BCUT2D eigenvalue weighted by Gasteiger charge is 2.62. The van der Waals surface area contributed by atoms with Gasteiger partial charge in [0.1, 0.15) is 35.1 Å². The molecule has 0 bridgehead atoms. The number of amides is 4. The minimum atomic E-state index is -3.91. The Labute approximate surface area is 310 Å². The number of aromatic hydroxyl groups is 1. The number of carbonyl (C=O) groups excluding carboxylic acids is 4. The van der Waals surface area contributed by atoms with E-state index >= 15 is 0 Å². The van der Waals surface area contributed by atoms with Gasteiger partial charge in [-0.1, -0.05) is 63.2 Å². The number of ether oxygens (including phenoxy) is 2. The molecule has 5 atom stereocenters. The van der Waals surface area contributed by atoms with E-state index in [4.69, 9.17) is 9.47 Å². The molecule has 2 aromatic rings. The molecule has 0 spiro atoms. The van der Waals surface area contributed by atoms with E-state index < -0.39 is 73.6 Å². The Balaban J connectivity index is 1.31. The van der Waals surface area contributed by atoms with Gasteiger partial charge < -0.3 is 30.1 Å². The Bertz CT molecular complexity index is 1850. The molecule has 6 rings (SSSR count). The summed E-state index contributed by atoms with van der Waals surface area (Å²) in [7, 11) is -2.41. The van der Waals surface area contributed by atoms with E-state index in [0.29, 0.717) is 18.4 Å². The Kier molecular flexibility index (Phi) is 10.4. The quantitative estimate of drug-likeness (QED) is 0.231. The fraction of sp³-hybridized carbons (Fsp3) is 0.538. The highest BCUT2D eigenvalue weighted by molar-refractivity contribution is 7.91. The molecule has 4 aliphatic rings. The molecule has 1 aliphatic heterocycles. The van der Waals surface area contributed by atoms with Crippen LogP contribution in [-0.4, -0.2) is 84.9 Å². The molecule has 4 fully saturated rings. The van der Waals surface area contributed by atoms with Crippen molar-refractivity contribution in [2.75, 3.05) is 13.7 Å². The first kappa shape index (κ1) is 38.3. The normalized spacial score (nSPS) is 26.4. The zero-order valence-electron chi connectivity index (χ0n) is 30.7. The summed E-state index contributed by atoms with van der Waals surface area (Å²) in [5, 5.41) is 14.7. The first-order chi connectivity index (χ1) is 25.0. The molecule has 14 heteroatoms. The summed E-state index contributed by atoms with van der Waals surface area (Å²) < 4.78 is 39.5. The molecule has 13 nitrogen and oxygen atoms in total. The minimum Gasteiger partial charge on any atom is -0.508 e. The monoisotopic (exact) mass is 750 g/mol. The van der Waals surface area contributed by atoms with Crippen molar-refractivity contribution in [2.45, 2.75) is 107 Å². The molecular weight excluding hydrogens is 701 g/mol. The van der Waals surface area contributed by atoms with E-state index in [1.165, 1.54) is 18.1 Å². The van der Waals surface area contributed by atoms with Gasteiger partial charge in [-0.3, -0.25) is 19.1 Å². The van der Waals surface area contributed by atoms with E-state index in [1.54, 1.807) is 45.0 Å². The fourth-order valence-electron chi connectivity index (χ4n) is 7.58. The van der Waals surface area contributed by atoms with Crippen LogP contribution < -0.4 is 15.4 Å². The van der Waals surface area contributed by atoms with Gasteiger partial charge in [0.25, 0.3) is 5.91 Å². The summed E-state index contributed by atoms with van der Waals surface area (Å²) in [4.78, 5) is 57.3. The number of carbonyl (C=O) groups is 4. The van der Waals surface area contributed by atoms with Gasteiger partial charge >= 0.3 is 6.09 Å². The van der Waals surface area contributed by atoms with Crippen LogP contribution in [0.4, 0.5) is 4.79 Å². The lowest BCUT2D eigenvalue weighted by molar-refractivity contribution is -0.143. The Morgan fingerprint density at radius 2 is 1.57 bits per heavy atom. The van der Waals surface area contributed by atoms with Crippen molar-refractivity contribution in [1.82, 2.24) is 20.3 Å². The van der Waals surface area contributed by atoms with E-state index in [9.17, 15) is 32.7 Å². The second kappa shape index (κ2) is 14.4. The standard InChI is InChI=1S/C39H50N4O9S/c1-6-26-21-39(26,35(47)42-53(49,50)30-19-20-30)41-33(45)31-22-38(51-5,27-15-11-24(12-16-27)25-13-17-28(44)18-14-25)23-43(31)34(46)32(37(2,3)4)40-36(48)52-29-9-7-8-10-29/h6,11-18,26,29-32,44H,1,7-10,19-23H2,2-5H3,(H,40,48)(H,41,45)(H,42,47)/t26-,31+,32-,38+,39-/m1/s1. The van der Waals surface area contributed by atoms with Crippen LogP contribution in [-0.2, 0) is 39.5 Å². The molecule has 3 aliphatic carbocycles. The van der Waals surface area contributed by atoms with Crippen molar-refractivity contribution in [3.8, 4) is 16.9 Å². The summed E-state index contributed by atoms with van der Waals surface area (Å²) >= 11 is 0. The average Bonchev–Trinajstić information content (AvgIpc) is 4.00. The number of phenolic OH excluding ortho intramolecular Hbond substituents is 1. The number of methoxy groups -OCH3 is 1. The maximum Gasteiger partial charge on any atom is 0.408 e. The SMILES string of the molecule is C=C[C@@H]1C[C@]1(NC(=O)[C@@H]1C[C@@](OC)(c2ccc(-c3ccc(O)cc3)cc2)CN1C(=O)[C@@H](NC(=O)OC1CCCC1)C(C)(C)C)C(=O)NS(=O)(=O)C1CC1. The minimum absolute atomic E-state index is 0.000158. The number of nitrogens with one attached hydrogen (secondary N) is 3. The van der Waals surface area contributed by atoms with Gasteiger partial charge in [0.05, 0.1) is 11.8 Å². The molecule has 0 radical (unpaired) electrons. The molecule has 0 aromatic heterocycles. The molecule has 286 valence electrons. The Morgan fingerprint density at radius 3 is 2.09 bits per heavy atom. The van der Waals surface area contributed by atoms with Crippen LogP contribution in [0.5, 0.6) is 5.75 Å². The molecule has 1 saturated heterocycles. The molecule has 0 unspecified atom stereocenters. The lowest BCUT2D eigenvalue weighted by Gasteiger charge is -2.36. The second-order valence-corrected chi connectivity index (χ2v) is 17.9. The second-order valence-electron chi connectivity index (χ2n) is 15.9. The number of phenols is 1. The molecular formula is C39H50N4O9S. The van der Waals surface area contributed by atoms with E-state index in [2.05, 4.69) is 21.9 Å². The summed E-state index contributed by atoms with van der Waals surface area (Å²) in [6.07, 6.45) is 5.03. The smallest absolute Gasteiger partial charge is 0.408 e. The lowest BCUT2D eigenvalue weighted by Crippen LogP contribution is -2.60. The average molecular weight is 751 g/mol. The van der Waals surface area contributed by atoms with Crippen LogP contribution in [0.1, 0.15) is 77.7 Å². The van der Waals surface area contributed by atoms with E-state index in [0.717, 1.165) is 36.8 Å². The third-order valence-corrected chi connectivity index (χ3v) is 12.9. The number of hydrogen-bond donors (Lipinski definition) is 4. The van der Waals surface area contributed by atoms with Gasteiger partial charge in [0, 0.05) is 19.4 Å². The van der Waals surface area contributed by atoms with Crippen LogP contribution in [0.25, 0.3) is 11.1 Å². The highest BCUT2D eigenvalue weighted by Crippen LogP contribution is 2.47. The number of likely N-dealkylation sites (tertiary alicyclic amines) is 1. The first-order valence-corrected chi connectivity index (χ1v) is 19.8. The predicted molar refractivity (Wildman–Crippen MR) is 197 cm³/mol. The first-order valence-electron chi connectivity index (χ1n) is 18.3. The summed E-state index contributed by atoms with van der Waals surface area (Å²) in [5.41, 5.74) is -1.11. The maximum atomic E-state index is 14.7.